The number of thiocarbonyl (C=S) groups is 1. The van der Waals surface area contributed by atoms with Gasteiger partial charge in [0.05, 0.1) is 12.0 Å². The molecule has 0 spiro atoms. The van der Waals surface area contributed by atoms with Crippen LogP contribution >= 0.6 is 24.0 Å². The highest BCUT2D eigenvalue weighted by Crippen LogP contribution is 2.29. The molecule has 1 aliphatic heterocycles. The van der Waals surface area contributed by atoms with Crippen LogP contribution in [0.1, 0.15) is 11.1 Å². The van der Waals surface area contributed by atoms with Gasteiger partial charge in [-0.05, 0) is 47.9 Å². The Morgan fingerprint density at radius 3 is 2.69 bits per heavy atom. The molecule has 7 heteroatoms. The Balaban J connectivity index is 1.55. The number of hydrogen-bond donors (Lipinski definition) is 1. The van der Waals surface area contributed by atoms with Crippen molar-refractivity contribution in [1.82, 2.24) is 5.32 Å². The van der Waals surface area contributed by atoms with Crippen LogP contribution in [0.25, 0.3) is 6.08 Å². The third-order valence-corrected chi connectivity index (χ3v) is 5.18. The Morgan fingerprint density at radius 1 is 1.14 bits per heavy atom. The van der Waals surface area contributed by atoms with Crippen LogP contribution in [0.2, 0.25) is 0 Å². The number of ether oxygens (including phenoxy) is 3. The van der Waals surface area contributed by atoms with Gasteiger partial charge in [-0.25, -0.2) is 0 Å². The summed E-state index contributed by atoms with van der Waals surface area (Å²) in [6, 6.07) is 13.3. The largest absolute Gasteiger partial charge is 0.493 e. The van der Waals surface area contributed by atoms with E-state index in [9.17, 15) is 4.79 Å². The van der Waals surface area contributed by atoms with Gasteiger partial charge in [-0.1, -0.05) is 48.3 Å². The molecule has 1 amide bonds. The Hall–Kier alpha value is -2.77. The molecule has 1 saturated heterocycles. The van der Waals surface area contributed by atoms with Crippen molar-refractivity contribution in [1.29, 1.82) is 0 Å². The van der Waals surface area contributed by atoms with E-state index in [2.05, 4.69) is 11.9 Å². The van der Waals surface area contributed by atoms with Crippen LogP contribution < -0.4 is 19.5 Å². The van der Waals surface area contributed by atoms with E-state index in [1.807, 2.05) is 48.5 Å². The van der Waals surface area contributed by atoms with Crippen molar-refractivity contribution in [2.45, 2.75) is 6.42 Å². The van der Waals surface area contributed by atoms with E-state index in [0.717, 1.165) is 17.5 Å². The van der Waals surface area contributed by atoms with Crippen LogP contribution in [-0.2, 0) is 11.2 Å². The van der Waals surface area contributed by atoms with Crippen molar-refractivity contribution < 1.29 is 19.0 Å². The SMILES string of the molecule is C=CCc1ccc(OCCOc2cccc(/C=C3\SC(=S)NC3=O)c2)c(OC)c1. The maximum absolute atomic E-state index is 11.8. The molecule has 1 fully saturated rings. The second-order valence-electron chi connectivity index (χ2n) is 6.10. The van der Waals surface area contributed by atoms with Crippen molar-refractivity contribution in [3.63, 3.8) is 0 Å². The molecule has 3 rings (SSSR count). The topological polar surface area (TPSA) is 56.8 Å². The van der Waals surface area contributed by atoms with E-state index >= 15 is 0 Å². The van der Waals surface area contributed by atoms with Crippen molar-refractivity contribution in [3.8, 4) is 17.2 Å². The molecular weight excluding hydrogens is 406 g/mol. The molecule has 0 saturated carbocycles. The van der Waals surface area contributed by atoms with Gasteiger partial charge in [-0.2, -0.15) is 0 Å². The first kappa shape index (κ1) is 21.0. The fraction of sp³-hybridized carbons (Fsp3) is 0.182. The Bertz CT molecular complexity index is 956. The van der Waals surface area contributed by atoms with Gasteiger partial charge in [0.1, 0.15) is 23.3 Å². The summed E-state index contributed by atoms with van der Waals surface area (Å²) in [7, 11) is 1.62. The summed E-state index contributed by atoms with van der Waals surface area (Å²) >= 11 is 6.26. The predicted octanol–water partition coefficient (Wildman–Crippen LogP) is 4.37. The average molecular weight is 428 g/mol. The van der Waals surface area contributed by atoms with Crippen molar-refractivity contribution in [2.75, 3.05) is 20.3 Å². The maximum atomic E-state index is 11.8. The molecular formula is C22H21NO4S2. The number of carbonyl (C=O) groups excluding carboxylic acids is 1. The first-order valence-electron chi connectivity index (χ1n) is 8.97. The molecule has 0 unspecified atom stereocenters. The first-order chi connectivity index (χ1) is 14.1. The molecule has 0 bridgehead atoms. The molecule has 1 N–H and O–H groups in total. The zero-order valence-electron chi connectivity index (χ0n) is 16.0. The van der Waals surface area contributed by atoms with E-state index in [0.29, 0.717) is 39.7 Å². The van der Waals surface area contributed by atoms with Crippen LogP contribution in [0.3, 0.4) is 0 Å². The minimum atomic E-state index is -0.173. The molecule has 1 heterocycles. The van der Waals surface area contributed by atoms with E-state index in [4.69, 9.17) is 26.4 Å². The number of allylic oxidation sites excluding steroid dienone is 1. The molecule has 0 atom stereocenters. The normalized spacial score (nSPS) is 14.6. The fourth-order valence-electron chi connectivity index (χ4n) is 2.70. The number of rotatable bonds is 9. The molecule has 0 aliphatic carbocycles. The molecule has 0 radical (unpaired) electrons. The second kappa shape index (κ2) is 10.1. The number of hydrogen-bond acceptors (Lipinski definition) is 6. The lowest BCUT2D eigenvalue weighted by Gasteiger charge is -2.12. The smallest absolute Gasteiger partial charge is 0.263 e. The molecule has 2 aromatic carbocycles. The van der Waals surface area contributed by atoms with Crippen LogP contribution in [-0.4, -0.2) is 30.6 Å². The molecule has 150 valence electrons. The van der Waals surface area contributed by atoms with Crippen molar-refractivity contribution >= 4 is 40.3 Å². The summed E-state index contributed by atoms with van der Waals surface area (Å²) in [4.78, 5) is 12.4. The van der Waals surface area contributed by atoms with Crippen LogP contribution in [0, 0.1) is 0 Å². The fourth-order valence-corrected chi connectivity index (χ4v) is 3.75. The third-order valence-electron chi connectivity index (χ3n) is 4.02. The summed E-state index contributed by atoms with van der Waals surface area (Å²) in [5, 5.41) is 2.60. The van der Waals surface area contributed by atoms with Crippen molar-refractivity contribution in [2.24, 2.45) is 0 Å². The summed E-state index contributed by atoms with van der Waals surface area (Å²) in [5.41, 5.74) is 1.98. The molecule has 29 heavy (non-hydrogen) atoms. The Morgan fingerprint density at radius 2 is 1.97 bits per heavy atom. The number of methoxy groups -OCH3 is 1. The van der Waals surface area contributed by atoms with E-state index < -0.39 is 0 Å². The quantitative estimate of drug-likeness (QED) is 0.278. The second-order valence-corrected chi connectivity index (χ2v) is 7.82. The van der Waals surface area contributed by atoms with Gasteiger partial charge in [0.2, 0.25) is 0 Å². The first-order valence-corrected chi connectivity index (χ1v) is 10.2. The standard InChI is InChI=1S/C22H21NO4S2/c1-3-5-15-8-9-18(19(13-15)25-2)27-11-10-26-17-7-4-6-16(12-17)14-20-21(24)23-22(28)29-20/h3-4,6-9,12-14H,1,5,10-11H2,2H3,(H,23,24,28)/b20-14-. The lowest BCUT2D eigenvalue weighted by atomic mass is 10.1. The number of carbonyl (C=O) groups is 1. The van der Waals surface area contributed by atoms with Gasteiger partial charge in [-0.15, -0.1) is 6.58 Å². The average Bonchev–Trinajstić information content (AvgIpc) is 3.03. The highest BCUT2D eigenvalue weighted by Gasteiger charge is 2.21. The minimum Gasteiger partial charge on any atom is -0.493 e. The van der Waals surface area contributed by atoms with Gasteiger partial charge >= 0.3 is 0 Å². The van der Waals surface area contributed by atoms with E-state index in [1.165, 1.54) is 11.8 Å². The molecule has 1 aliphatic rings. The van der Waals surface area contributed by atoms with E-state index in [-0.39, 0.29) is 5.91 Å². The molecule has 0 aromatic heterocycles. The van der Waals surface area contributed by atoms with E-state index in [1.54, 1.807) is 13.2 Å². The lowest BCUT2D eigenvalue weighted by molar-refractivity contribution is -0.115. The van der Waals surface area contributed by atoms with Gasteiger partial charge in [0, 0.05) is 0 Å². The maximum Gasteiger partial charge on any atom is 0.263 e. The Kier molecular flexibility index (Phi) is 7.32. The van der Waals surface area contributed by atoms with Gasteiger partial charge < -0.3 is 19.5 Å². The van der Waals surface area contributed by atoms with Crippen LogP contribution in [0.5, 0.6) is 17.2 Å². The Labute approximate surface area is 179 Å². The summed E-state index contributed by atoms with van der Waals surface area (Å²) < 4.78 is 17.4. The number of nitrogens with one attached hydrogen (secondary N) is 1. The van der Waals surface area contributed by atoms with Crippen molar-refractivity contribution in [3.05, 3.63) is 71.2 Å². The lowest BCUT2D eigenvalue weighted by Crippen LogP contribution is -2.17. The van der Waals surface area contributed by atoms with Gasteiger partial charge in [0.15, 0.2) is 11.5 Å². The number of benzene rings is 2. The highest BCUT2D eigenvalue weighted by molar-refractivity contribution is 8.26. The summed E-state index contributed by atoms with van der Waals surface area (Å²) in [5.74, 6) is 1.88. The van der Waals surface area contributed by atoms with Crippen LogP contribution in [0.15, 0.2) is 60.0 Å². The van der Waals surface area contributed by atoms with Gasteiger partial charge in [-0.3, -0.25) is 4.79 Å². The zero-order valence-corrected chi connectivity index (χ0v) is 17.6. The number of thioether (sulfide) groups is 1. The highest BCUT2D eigenvalue weighted by atomic mass is 32.2. The van der Waals surface area contributed by atoms with Gasteiger partial charge in [0.25, 0.3) is 5.91 Å². The zero-order chi connectivity index (χ0) is 20.6. The van der Waals surface area contributed by atoms with Crippen LogP contribution in [0.4, 0.5) is 0 Å². The minimum absolute atomic E-state index is 0.173. The molecule has 2 aromatic rings. The predicted molar refractivity (Wildman–Crippen MR) is 121 cm³/mol. The molecule has 5 nitrogen and oxygen atoms in total. The summed E-state index contributed by atoms with van der Waals surface area (Å²) in [6.07, 6.45) is 4.41. The monoisotopic (exact) mass is 427 g/mol. The third kappa shape index (κ3) is 5.85. The summed E-state index contributed by atoms with van der Waals surface area (Å²) in [6.45, 7) is 4.49. The number of amides is 1.